The van der Waals surface area contributed by atoms with Gasteiger partial charge >= 0.3 is 0 Å². The standard InChI is InChI=1S/C19H22ClF3N2O4/c1-11(25-18(27)10-28-13-2-3-15(20)16(21)8-13)4-5-24-17(26)9-29-14-6-12(7-14)19(22)23/h2-3,8,12,14,19H,1,4-7,9-10H2,(H,24,26)(H,25,27)/t12-,14-. The fraction of sp³-hybridized carbons (Fsp3) is 0.474. The summed E-state index contributed by atoms with van der Waals surface area (Å²) in [6.45, 7) is 3.34. The van der Waals surface area contributed by atoms with Crippen LogP contribution in [-0.2, 0) is 14.3 Å². The van der Waals surface area contributed by atoms with Gasteiger partial charge in [0.25, 0.3) is 5.91 Å². The van der Waals surface area contributed by atoms with E-state index >= 15 is 0 Å². The molecule has 29 heavy (non-hydrogen) atoms. The minimum Gasteiger partial charge on any atom is -0.484 e. The summed E-state index contributed by atoms with van der Waals surface area (Å²) >= 11 is 5.56. The van der Waals surface area contributed by atoms with Gasteiger partial charge in [0.15, 0.2) is 6.61 Å². The van der Waals surface area contributed by atoms with Crippen molar-refractivity contribution in [1.29, 1.82) is 0 Å². The number of hydrogen-bond donors (Lipinski definition) is 2. The van der Waals surface area contributed by atoms with Crippen molar-refractivity contribution in [2.45, 2.75) is 31.8 Å². The Morgan fingerprint density at radius 2 is 1.97 bits per heavy atom. The van der Waals surface area contributed by atoms with E-state index in [1.54, 1.807) is 0 Å². The Kier molecular flexibility index (Phi) is 8.78. The van der Waals surface area contributed by atoms with E-state index < -0.39 is 24.1 Å². The molecule has 0 radical (unpaired) electrons. The van der Waals surface area contributed by atoms with E-state index in [9.17, 15) is 22.8 Å². The first-order valence-electron chi connectivity index (χ1n) is 8.96. The summed E-state index contributed by atoms with van der Waals surface area (Å²) in [5.41, 5.74) is 0.362. The fourth-order valence-corrected chi connectivity index (χ4v) is 2.67. The Morgan fingerprint density at radius 1 is 1.24 bits per heavy atom. The second kappa shape index (κ2) is 11.1. The minimum atomic E-state index is -2.34. The van der Waals surface area contributed by atoms with Crippen LogP contribution in [0.3, 0.4) is 0 Å². The van der Waals surface area contributed by atoms with E-state index in [1.807, 2.05) is 0 Å². The molecule has 2 N–H and O–H groups in total. The van der Waals surface area contributed by atoms with Crippen molar-refractivity contribution in [3.05, 3.63) is 41.3 Å². The zero-order valence-corrected chi connectivity index (χ0v) is 16.3. The van der Waals surface area contributed by atoms with Gasteiger partial charge in [0, 0.05) is 30.6 Å². The van der Waals surface area contributed by atoms with Crippen LogP contribution in [0.2, 0.25) is 5.02 Å². The van der Waals surface area contributed by atoms with Crippen molar-refractivity contribution < 1.29 is 32.2 Å². The Morgan fingerprint density at radius 3 is 2.62 bits per heavy atom. The first-order chi connectivity index (χ1) is 13.7. The summed E-state index contributed by atoms with van der Waals surface area (Å²) in [5.74, 6) is -2.00. The highest BCUT2D eigenvalue weighted by molar-refractivity contribution is 6.30. The molecule has 6 nitrogen and oxygen atoms in total. The van der Waals surface area contributed by atoms with Crippen LogP contribution in [0, 0.1) is 11.7 Å². The summed E-state index contributed by atoms with van der Waals surface area (Å²) in [6, 6.07) is 3.82. The molecule has 1 aliphatic carbocycles. The van der Waals surface area contributed by atoms with E-state index in [0.29, 0.717) is 5.70 Å². The van der Waals surface area contributed by atoms with Crippen molar-refractivity contribution in [3.63, 3.8) is 0 Å². The molecule has 2 amide bonds. The van der Waals surface area contributed by atoms with Crippen LogP contribution >= 0.6 is 11.6 Å². The highest BCUT2D eigenvalue weighted by Crippen LogP contribution is 2.34. The lowest BCUT2D eigenvalue weighted by atomic mass is 9.83. The molecule has 0 heterocycles. The summed E-state index contributed by atoms with van der Waals surface area (Å²) in [6.07, 6.45) is -1.84. The summed E-state index contributed by atoms with van der Waals surface area (Å²) in [5, 5.41) is 5.04. The van der Waals surface area contributed by atoms with Crippen LogP contribution in [0.4, 0.5) is 13.2 Å². The van der Waals surface area contributed by atoms with Gasteiger partial charge in [-0.3, -0.25) is 9.59 Å². The van der Waals surface area contributed by atoms with Crippen molar-refractivity contribution >= 4 is 23.4 Å². The Bertz CT molecular complexity index is 742. The first kappa shape index (κ1) is 23.0. The van der Waals surface area contributed by atoms with Crippen molar-refractivity contribution in [2.75, 3.05) is 19.8 Å². The third-order valence-corrected chi connectivity index (χ3v) is 4.57. The number of carbonyl (C=O) groups excluding carboxylic acids is 2. The van der Waals surface area contributed by atoms with Crippen LogP contribution in [0.25, 0.3) is 0 Å². The molecular formula is C19H22ClF3N2O4. The summed E-state index contributed by atoms with van der Waals surface area (Å²) in [4.78, 5) is 23.4. The van der Waals surface area contributed by atoms with E-state index in [4.69, 9.17) is 21.1 Å². The number of benzene rings is 1. The molecular weight excluding hydrogens is 413 g/mol. The maximum Gasteiger partial charge on any atom is 0.262 e. The molecule has 1 fully saturated rings. The third-order valence-electron chi connectivity index (χ3n) is 4.26. The molecule has 0 unspecified atom stereocenters. The quantitative estimate of drug-likeness (QED) is 0.561. The number of amides is 2. The van der Waals surface area contributed by atoms with Gasteiger partial charge in [-0.2, -0.15) is 0 Å². The van der Waals surface area contributed by atoms with Crippen LogP contribution in [-0.4, -0.2) is 44.1 Å². The van der Waals surface area contributed by atoms with E-state index in [0.717, 1.165) is 6.07 Å². The lowest BCUT2D eigenvalue weighted by molar-refractivity contribution is -0.134. The van der Waals surface area contributed by atoms with Gasteiger partial charge in [0.05, 0.1) is 11.1 Å². The van der Waals surface area contributed by atoms with E-state index in [-0.39, 0.29) is 61.8 Å². The molecule has 1 aromatic carbocycles. The van der Waals surface area contributed by atoms with Gasteiger partial charge < -0.3 is 20.1 Å². The SMILES string of the molecule is C=C(CCNC(=O)CO[C@H]1C[C@H](C(F)F)C1)NC(=O)COc1ccc(Cl)c(F)c1. The third kappa shape index (κ3) is 7.94. The van der Waals surface area contributed by atoms with Gasteiger partial charge in [-0.15, -0.1) is 0 Å². The second-order valence-electron chi connectivity index (χ2n) is 6.62. The number of rotatable bonds is 11. The second-order valence-corrected chi connectivity index (χ2v) is 7.02. The van der Waals surface area contributed by atoms with Gasteiger partial charge in [-0.25, -0.2) is 13.2 Å². The number of hydrogen-bond acceptors (Lipinski definition) is 4. The maximum atomic E-state index is 13.3. The minimum absolute atomic E-state index is 0.0485. The summed E-state index contributed by atoms with van der Waals surface area (Å²) in [7, 11) is 0. The van der Waals surface area contributed by atoms with Crippen LogP contribution in [0.1, 0.15) is 19.3 Å². The average molecular weight is 435 g/mol. The number of ether oxygens (including phenoxy) is 2. The molecule has 1 saturated carbocycles. The Labute approximate surface area is 171 Å². The molecule has 0 aliphatic heterocycles. The van der Waals surface area contributed by atoms with Crippen molar-refractivity contribution in [1.82, 2.24) is 10.6 Å². The van der Waals surface area contributed by atoms with Crippen LogP contribution in [0.15, 0.2) is 30.5 Å². The smallest absolute Gasteiger partial charge is 0.262 e. The fourth-order valence-electron chi connectivity index (χ4n) is 2.56. The van der Waals surface area contributed by atoms with Crippen molar-refractivity contribution in [2.24, 2.45) is 5.92 Å². The van der Waals surface area contributed by atoms with Gasteiger partial charge in [0.1, 0.15) is 18.2 Å². The lowest BCUT2D eigenvalue weighted by Gasteiger charge is -2.34. The maximum absolute atomic E-state index is 13.3. The molecule has 10 heteroatoms. The van der Waals surface area contributed by atoms with Gasteiger partial charge in [-0.05, 0) is 25.0 Å². The first-order valence-corrected chi connectivity index (χ1v) is 9.34. The number of nitrogens with one attached hydrogen (secondary N) is 2. The van der Waals surface area contributed by atoms with Crippen molar-refractivity contribution in [3.8, 4) is 5.75 Å². The summed E-state index contributed by atoms with van der Waals surface area (Å²) < 4.78 is 48.4. The largest absolute Gasteiger partial charge is 0.484 e. The zero-order valence-electron chi connectivity index (χ0n) is 15.6. The normalized spacial score (nSPS) is 18.1. The molecule has 1 aromatic rings. The highest BCUT2D eigenvalue weighted by Gasteiger charge is 2.36. The molecule has 1 aliphatic rings. The topological polar surface area (TPSA) is 76.7 Å². The molecule has 0 atom stereocenters. The van der Waals surface area contributed by atoms with Crippen LogP contribution in [0.5, 0.6) is 5.75 Å². The Balaban J connectivity index is 1.54. The molecule has 2 rings (SSSR count). The Hall–Kier alpha value is -2.26. The van der Waals surface area contributed by atoms with Crippen LogP contribution < -0.4 is 15.4 Å². The molecule has 0 aromatic heterocycles. The zero-order chi connectivity index (χ0) is 21.4. The van der Waals surface area contributed by atoms with E-state index in [1.165, 1.54) is 12.1 Å². The molecule has 160 valence electrons. The number of halogens is 4. The predicted octanol–water partition coefficient (Wildman–Crippen LogP) is 3.05. The number of carbonyl (C=O) groups is 2. The average Bonchev–Trinajstić information content (AvgIpc) is 2.61. The predicted molar refractivity (Wildman–Crippen MR) is 100 cm³/mol. The van der Waals surface area contributed by atoms with Gasteiger partial charge in [0.2, 0.25) is 12.3 Å². The number of alkyl halides is 2. The molecule has 0 bridgehead atoms. The van der Waals surface area contributed by atoms with E-state index in [2.05, 4.69) is 17.2 Å². The lowest BCUT2D eigenvalue weighted by Crippen LogP contribution is -2.38. The highest BCUT2D eigenvalue weighted by atomic mass is 35.5. The molecule has 0 saturated heterocycles. The molecule has 0 spiro atoms. The monoisotopic (exact) mass is 434 g/mol. The van der Waals surface area contributed by atoms with Gasteiger partial charge in [-0.1, -0.05) is 18.2 Å².